The minimum atomic E-state index is -1.12. The summed E-state index contributed by atoms with van der Waals surface area (Å²) in [5, 5.41) is 11.2. The van der Waals surface area contributed by atoms with Crippen LogP contribution >= 0.6 is 0 Å². The molecule has 0 heterocycles. The van der Waals surface area contributed by atoms with Crippen LogP contribution in [0, 0.1) is 5.92 Å². The van der Waals surface area contributed by atoms with Gasteiger partial charge in [0.25, 0.3) is 0 Å². The van der Waals surface area contributed by atoms with Crippen molar-refractivity contribution in [1.29, 1.82) is 0 Å². The Bertz CT molecular complexity index is 378. The van der Waals surface area contributed by atoms with Crippen molar-refractivity contribution in [3.63, 3.8) is 0 Å². The van der Waals surface area contributed by atoms with Gasteiger partial charge in [0.2, 0.25) is 5.91 Å². The molecule has 1 saturated carbocycles. The summed E-state index contributed by atoms with van der Waals surface area (Å²) in [5.74, 6) is -1.11. The minimum Gasteiger partial charge on any atom is -0.481 e. The van der Waals surface area contributed by atoms with Gasteiger partial charge < -0.3 is 16.2 Å². The Morgan fingerprint density at radius 1 is 1.24 bits per heavy atom. The number of carbonyl (C=O) groups excluding carboxylic acids is 2. The lowest BCUT2D eigenvalue weighted by Crippen LogP contribution is -2.47. The van der Waals surface area contributed by atoms with Crippen LogP contribution in [-0.2, 0) is 14.4 Å². The van der Waals surface area contributed by atoms with Crippen LogP contribution in [0.5, 0.6) is 0 Å². The van der Waals surface area contributed by atoms with Gasteiger partial charge in [0.15, 0.2) is 5.78 Å². The number of carboxylic acid groups (broad SMARTS) is 1. The van der Waals surface area contributed by atoms with Gasteiger partial charge in [0.1, 0.15) is 0 Å². The van der Waals surface area contributed by atoms with E-state index >= 15 is 0 Å². The first-order chi connectivity index (χ1) is 9.90. The zero-order chi connectivity index (χ0) is 15.8. The first-order valence-electron chi connectivity index (χ1n) is 7.70. The maximum absolute atomic E-state index is 11.8. The Kier molecular flexibility index (Phi) is 7.36. The summed E-state index contributed by atoms with van der Waals surface area (Å²) in [7, 11) is 0. The van der Waals surface area contributed by atoms with Crippen molar-refractivity contribution in [2.45, 2.75) is 70.4 Å². The Morgan fingerprint density at radius 2 is 1.86 bits per heavy atom. The molecule has 120 valence electrons. The van der Waals surface area contributed by atoms with Crippen LogP contribution in [0.25, 0.3) is 0 Å². The summed E-state index contributed by atoms with van der Waals surface area (Å²) in [4.78, 5) is 34.2. The zero-order valence-corrected chi connectivity index (χ0v) is 12.6. The number of carbonyl (C=O) groups is 3. The highest BCUT2D eigenvalue weighted by Crippen LogP contribution is 2.27. The lowest BCUT2D eigenvalue weighted by Gasteiger charge is -2.21. The van der Waals surface area contributed by atoms with Crippen molar-refractivity contribution in [3.05, 3.63) is 0 Å². The summed E-state index contributed by atoms with van der Waals surface area (Å²) < 4.78 is 0. The molecule has 1 fully saturated rings. The van der Waals surface area contributed by atoms with E-state index in [2.05, 4.69) is 5.32 Å². The Morgan fingerprint density at radius 3 is 2.43 bits per heavy atom. The summed E-state index contributed by atoms with van der Waals surface area (Å²) in [6.07, 6.45) is 6.99. The molecule has 0 aromatic carbocycles. The van der Waals surface area contributed by atoms with Crippen molar-refractivity contribution in [3.8, 4) is 0 Å². The first kappa shape index (κ1) is 17.6. The van der Waals surface area contributed by atoms with Crippen molar-refractivity contribution in [2.24, 2.45) is 11.7 Å². The summed E-state index contributed by atoms with van der Waals surface area (Å²) in [6.45, 7) is 1.54. The molecule has 0 radical (unpaired) electrons. The highest BCUT2D eigenvalue weighted by Gasteiger charge is 2.24. The molecule has 1 aliphatic carbocycles. The smallest absolute Gasteiger partial charge is 0.305 e. The molecule has 21 heavy (non-hydrogen) atoms. The third-order valence-electron chi connectivity index (χ3n) is 4.07. The van der Waals surface area contributed by atoms with Gasteiger partial charge in [-0.2, -0.15) is 0 Å². The number of carboxylic acids is 1. The molecule has 1 rings (SSSR count). The maximum Gasteiger partial charge on any atom is 0.305 e. The number of hydrogen-bond acceptors (Lipinski definition) is 4. The van der Waals surface area contributed by atoms with E-state index in [0.29, 0.717) is 12.3 Å². The van der Waals surface area contributed by atoms with E-state index in [1.807, 2.05) is 0 Å². The van der Waals surface area contributed by atoms with Gasteiger partial charge in [-0.15, -0.1) is 0 Å². The van der Waals surface area contributed by atoms with E-state index in [0.717, 1.165) is 6.42 Å². The standard InChI is InChI=1S/C15H26N2O4/c1-10(15(21)12(16)9-14(19)20)17-13(18)8-7-11-5-3-2-4-6-11/h10-12H,2-9,16H2,1H3,(H,17,18)(H,19,20)/t10-,12?/m0/s1. The lowest BCUT2D eigenvalue weighted by molar-refractivity contribution is -0.139. The van der Waals surface area contributed by atoms with Gasteiger partial charge in [0, 0.05) is 6.42 Å². The molecule has 1 amide bonds. The van der Waals surface area contributed by atoms with Crippen LogP contribution in [0.4, 0.5) is 0 Å². The van der Waals surface area contributed by atoms with Crippen LogP contribution in [0.1, 0.15) is 58.3 Å². The fourth-order valence-electron chi connectivity index (χ4n) is 2.81. The number of Topliss-reactive ketones (excluding diaryl/α,β-unsaturated/α-hetero) is 1. The van der Waals surface area contributed by atoms with Gasteiger partial charge >= 0.3 is 5.97 Å². The van der Waals surface area contributed by atoms with Gasteiger partial charge in [-0.1, -0.05) is 32.1 Å². The Balaban J connectivity index is 2.28. The van der Waals surface area contributed by atoms with Crippen LogP contribution < -0.4 is 11.1 Å². The molecule has 6 heteroatoms. The van der Waals surface area contributed by atoms with E-state index in [1.54, 1.807) is 6.92 Å². The summed E-state index contributed by atoms with van der Waals surface area (Å²) in [6, 6.07) is -1.81. The molecule has 2 atom stereocenters. The van der Waals surface area contributed by atoms with Gasteiger partial charge in [-0.05, 0) is 19.3 Å². The molecular weight excluding hydrogens is 272 g/mol. The highest BCUT2D eigenvalue weighted by molar-refractivity contribution is 5.94. The number of rotatable bonds is 8. The van der Waals surface area contributed by atoms with Gasteiger partial charge in [-0.3, -0.25) is 14.4 Å². The van der Waals surface area contributed by atoms with Crippen LogP contribution in [0.15, 0.2) is 0 Å². The molecule has 4 N–H and O–H groups in total. The second-order valence-corrected chi connectivity index (χ2v) is 5.94. The Labute approximate surface area is 125 Å². The zero-order valence-electron chi connectivity index (χ0n) is 12.6. The van der Waals surface area contributed by atoms with Crippen LogP contribution in [-0.4, -0.2) is 34.8 Å². The van der Waals surface area contributed by atoms with Crippen LogP contribution in [0.3, 0.4) is 0 Å². The van der Waals surface area contributed by atoms with E-state index in [4.69, 9.17) is 10.8 Å². The predicted molar refractivity (Wildman–Crippen MR) is 78.6 cm³/mol. The summed E-state index contributed by atoms with van der Waals surface area (Å²) >= 11 is 0. The lowest BCUT2D eigenvalue weighted by atomic mass is 9.86. The van der Waals surface area contributed by atoms with E-state index in [-0.39, 0.29) is 5.91 Å². The molecule has 0 saturated heterocycles. The SMILES string of the molecule is C[C@H](NC(=O)CCC1CCCCC1)C(=O)C(N)CC(=O)O. The van der Waals surface area contributed by atoms with Crippen LogP contribution in [0.2, 0.25) is 0 Å². The molecule has 0 aromatic heterocycles. The van der Waals surface area contributed by atoms with Crippen molar-refractivity contribution in [1.82, 2.24) is 5.32 Å². The molecular formula is C15H26N2O4. The van der Waals surface area contributed by atoms with Crippen molar-refractivity contribution >= 4 is 17.7 Å². The largest absolute Gasteiger partial charge is 0.481 e. The van der Waals surface area contributed by atoms with E-state index < -0.39 is 30.3 Å². The van der Waals surface area contributed by atoms with E-state index in [9.17, 15) is 14.4 Å². The first-order valence-corrected chi connectivity index (χ1v) is 7.70. The average Bonchev–Trinajstić information content (AvgIpc) is 2.44. The number of ketones is 1. The van der Waals surface area contributed by atoms with Gasteiger partial charge in [0.05, 0.1) is 18.5 Å². The Hall–Kier alpha value is -1.43. The molecule has 0 aliphatic heterocycles. The fraction of sp³-hybridized carbons (Fsp3) is 0.800. The molecule has 0 spiro atoms. The molecule has 6 nitrogen and oxygen atoms in total. The van der Waals surface area contributed by atoms with E-state index in [1.165, 1.54) is 32.1 Å². The molecule has 1 aliphatic rings. The topological polar surface area (TPSA) is 109 Å². The average molecular weight is 298 g/mol. The van der Waals surface area contributed by atoms with Gasteiger partial charge in [-0.25, -0.2) is 0 Å². The third kappa shape index (κ3) is 6.71. The maximum atomic E-state index is 11.8. The normalized spacial score (nSPS) is 18.8. The van der Waals surface area contributed by atoms with Crippen molar-refractivity contribution in [2.75, 3.05) is 0 Å². The molecule has 1 unspecified atom stereocenters. The monoisotopic (exact) mass is 298 g/mol. The summed E-state index contributed by atoms with van der Waals surface area (Å²) in [5.41, 5.74) is 5.50. The fourth-order valence-corrected chi connectivity index (χ4v) is 2.81. The molecule has 0 bridgehead atoms. The second kappa shape index (κ2) is 8.77. The predicted octanol–water partition coefficient (Wildman–Crippen LogP) is 1.22. The third-order valence-corrected chi connectivity index (χ3v) is 4.07. The number of hydrogen-bond donors (Lipinski definition) is 3. The second-order valence-electron chi connectivity index (χ2n) is 5.94. The number of nitrogens with two attached hydrogens (primary N) is 1. The molecule has 0 aromatic rings. The number of nitrogens with one attached hydrogen (secondary N) is 1. The number of amides is 1. The quantitative estimate of drug-likeness (QED) is 0.624. The minimum absolute atomic E-state index is 0.163. The van der Waals surface area contributed by atoms with Crippen molar-refractivity contribution < 1.29 is 19.5 Å². The highest BCUT2D eigenvalue weighted by atomic mass is 16.4. The number of aliphatic carboxylic acids is 1.